The lowest BCUT2D eigenvalue weighted by molar-refractivity contribution is -0.125. The summed E-state index contributed by atoms with van der Waals surface area (Å²) in [6.45, 7) is 1.10. The van der Waals surface area contributed by atoms with E-state index in [1.165, 1.54) is 21.9 Å². The first-order valence-electron chi connectivity index (χ1n) is 9.11. The Morgan fingerprint density at radius 1 is 1.34 bits per heavy atom. The van der Waals surface area contributed by atoms with E-state index in [-0.39, 0.29) is 44.2 Å². The van der Waals surface area contributed by atoms with Crippen LogP contribution in [0.2, 0.25) is 0 Å². The fourth-order valence-corrected chi connectivity index (χ4v) is 3.13. The van der Waals surface area contributed by atoms with Crippen LogP contribution in [0.15, 0.2) is 18.2 Å². The number of anilines is 2. The fourth-order valence-electron chi connectivity index (χ4n) is 3.13. The predicted molar refractivity (Wildman–Crippen MR) is 99.3 cm³/mol. The fraction of sp³-hybridized carbons (Fsp3) is 0.556. The highest BCUT2D eigenvalue weighted by Gasteiger charge is 2.28. The Bertz CT molecular complexity index is 720. The van der Waals surface area contributed by atoms with Crippen molar-refractivity contribution in [2.45, 2.75) is 25.8 Å². The van der Waals surface area contributed by atoms with E-state index in [4.69, 9.17) is 10.5 Å². The first kappa shape index (κ1) is 23.0. The van der Waals surface area contributed by atoms with E-state index in [1.54, 1.807) is 6.92 Å². The van der Waals surface area contributed by atoms with Gasteiger partial charge in [-0.3, -0.25) is 14.5 Å². The van der Waals surface area contributed by atoms with Gasteiger partial charge >= 0.3 is 0 Å². The molecular weight excluding hydrogens is 396 g/mol. The highest BCUT2D eigenvalue weighted by atomic mass is 19.3. The number of carbonyl (C=O) groups is 2. The molecule has 11 heteroatoms. The van der Waals surface area contributed by atoms with Crippen molar-refractivity contribution in [3.05, 3.63) is 23.8 Å². The summed E-state index contributed by atoms with van der Waals surface area (Å²) >= 11 is 0. The van der Waals surface area contributed by atoms with E-state index >= 15 is 0 Å². The Morgan fingerprint density at radius 2 is 2.07 bits per heavy atom. The number of ether oxygens (including phenoxy) is 1. The number of nitrogens with two attached hydrogens (primary N) is 1. The van der Waals surface area contributed by atoms with Gasteiger partial charge in [0.15, 0.2) is 0 Å². The maximum absolute atomic E-state index is 13.6. The molecule has 162 valence electrons. The number of nitrogens with one attached hydrogen (secondary N) is 1. The largest absolute Gasteiger partial charge is 0.370 e. The number of benzene rings is 1. The van der Waals surface area contributed by atoms with Crippen molar-refractivity contribution in [2.75, 3.05) is 49.6 Å². The Balaban J connectivity index is 2.22. The van der Waals surface area contributed by atoms with Crippen LogP contribution in [-0.4, -0.2) is 68.6 Å². The second kappa shape index (κ2) is 10.5. The van der Waals surface area contributed by atoms with Crippen LogP contribution in [0, 0.1) is 0 Å². The van der Waals surface area contributed by atoms with Crippen LogP contribution >= 0.6 is 0 Å². The number of halogens is 4. The number of morpholine rings is 1. The van der Waals surface area contributed by atoms with Gasteiger partial charge < -0.3 is 20.7 Å². The summed E-state index contributed by atoms with van der Waals surface area (Å²) in [7, 11) is 0. The molecule has 7 nitrogen and oxygen atoms in total. The van der Waals surface area contributed by atoms with Gasteiger partial charge in [-0.25, -0.2) is 17.6 Å². The average Bonchev–Trinajstić information content (AvgIpc) is 2.68. The quantitative estimate of drug-likeness (QED) is 0.596. The number of rotatable bonds is 9. The second-order valence-electron chi connectivity index (χ2n) is 6.39. The average molecular weight is 420 g/mol. The Kier molecular flexibility index (Phi) is 8.35. The van der Waals surface area contributed by atoms with Crippen molar-refractivity contribution in [1.29, 1.82) is 0 Å². The van der Waals surface area contributed by atoms with Crippen molar-refractivity contribution >= 4 is 23.2 Å². The van der Waals surface area contributed by atoms with E-state index in [2.05, 4.69) is 5.32 Å². The minimum atomic E-state index is -2.89. The molecule has 0 saturated carbocycles. The molecule has 1 atom stereocenters. The predicted octanol–water partition coefficient (Wildman–Crippen LogP) is 1.84. The van der Waals surface area contributed by atoms with Gasteiger partial charge in [-0.2, -0.15) is 0 Å². The molecule has 1 heterocycles. The molecular formula is C18H24F4N4O3. The van der Waals surface area contributed by atoms with Crippen molar-refractivity contribution in [3.63, 3.8) is 0 Å². The molecule has 0 unspecified atom stereocenters. The lowest BCUT2D eigenvalue weighted by Crippen LogP contribution is -2.50. The number of hydrogen-bond donors (Lipinski definition) is 2. The van der Waals surface area contributed by atoms with Crippen molar-refractivity contribution in [1.82, 2.24) is 4.90 Å². The van der Waals surface area contributed by atoms with Crippen LogP contribution < -0.4 is 16.0 Å². The number of carbonyl (C=O) groups excluding carboxylic acids is 2. The van der Waals surface area contributed by atoms with Gasteiger partial charge in [0.1, 0.15) is 12.6 Å². The Hall–Kier alpha value is -2.24. The Morgan fingerprint density at radius 3 is 2.62 bits per heavy atom. The van der Waals surface area contributed by atoms with Crippen molar-refractivity contribution in [3.8, 4) is 0 Å². The highest BCUT2D eigenvalue weighted by Crippen LogP contribution is 2.33. The topological polar surface area (TPSA) is 87.9 Å². The van der Waals surface area contributed by atoms with Gasteiger partial charge in [0.25, 0.3) is 18.8 Å². The highest BCUT2D eigenvalue weighted by molar-refractivity contribution is 5.97. The third-order valence-electron chi connectivity index (χ3n) is 4.55. The summed E-state index contributed by atoms with van der Waals surface area (Å²) in [6.07, 6.45) is -5.54. The first-order chi connectivity index (χ1) is 13.8. The first-order valence-corrected chi connectivity index (χ1v) is 9.11. The minimum absolute atomic E-state index is 0.0366. The number of likely N-dealkylation sites (N-methyl/N-ethyl adjacent to an activating group) is 1. The monoisotopic (exact) mass is 420 g/mol. The Labute approximate surface area is 165 Å². The maximum Gasteiger partial charge on any atom is 0.265 e. The standard InChI is InChI=1S/C18H24F4N4O3/c1-2-25(9-15(19)20)14(8-23)18(28)24-11-3-4-13(12(7-11)17(21)22)26-5-6-29-10-16(26)27/h3-4,7,14-15,17H,2,5-6,8-10,23H2,1H3,(H,24,28)/t14-/m0/s1. The third kappa shape index (κ3) is 5.87. The lowest BCUT2D eigenvalue weighted by atomic mass is 10.1. The molecule has 1 aromatic carbocycles. The van der Waals surface area contributed by atoms with Gasteiger partial charge in [-0.15, -0.1) is 0 Å². The molecule has 1 saturated heterocycles. The normalized spacial score (nSPS) is 16.0. The van der Waals surface area contributed by atoms with Gasteiger partial charge in [-0.1, -0.05) is 6.92 Å². The van der Waals surface area contributed by atoms with E-state index in [0.717, 1.165) is 6.07 Å². The zero-order valence-corrected chi connectivity index (χ0v) is 15.9. The maximum atomic E-state index is 13.6. The molecule has 0 bridgehead atoms. The molecule has 0 aromatic heterocycles. The molecule has 1 fully saturated rings. The third-order valence-corrected chi connectivity index (χ3v) is 4.55. The second-order valence-corrected chi connectivity index (χ2v) is 6.39. The number of nitrogens with zero attached hydrogens (tertiary/aromatic N) is 2. The van der Waals surface area contributed by atoms with Crippen LogP contribution in [0.1, 0.15) is 18.9 Å². The summed E-state index contributed by atoms with van der Waals surface area (Å²) in [5.41, 5.74) is 5.24. The molecule has 29 heavy (non-hydrogen) atoms. The lowest BCUT2D eigenvalue weighted by Gasteiger charge is -2.30. The van der Waals surface area contributed by atoms with E-state index < -0.39 is 42.8 Å². The van der Waals surface area contributed by atoms with E-state index in [9.17, 15) is 27.2 Å². The van der Waals surface area contributed by atoms with E-state index in [0.29, 0.717) is 0 Å². The number of alkyl halides is 4. The van der Waals surface area contributed by atoms with Crippen LogP contribution in [0.4, 0.5) is 28.9 Å². The summed E-state index contributed by atoms with van der Waals surface area (Å²) in [6, 6.07) is 2.72. The minimum Gasteiger partial charge on any atom is -0.370 e. The van der Waals surface area contributed by atoms with Gasteiger partial charge in [0.05, 0.1) is 18.8 Å². The van der Waals surface area contributed by atoms with Gasteiger partial charge in [0, 0.05) is 24.3 Å². The zero-order valence-electron chi connectivity index (χ0n) is 15.9. The molecule has 3 N–H and O–H groups in total. The zero-order chi connectivity index (χ0) is 21.6. The molecule has 1 aliphatic rings. The van der Waals surface area contributed by atoms with Gasteiger partial charge in [0.2, 0.25) is 5.91 Å². The molecule has 1 aliphatic heterocycles. The van der Waals surface area contributed by atoms with Crippen molar-refractivity contribution in [2.24, 2.45) is 5.73 Å². The SMILES string of the molecule is CCN(CC(F)F)[C@@H](CN)C(=O)Nc1ccc(N2CCOCC2=O)c(C(F)F)c1. The van der Waals surface area contributed by atoms with E-state index in [1.807, 2.05) is 0 Å². The molecule has 0 spiro atoms. The summed E-state index contributed by atoms with van der Waals surface area (Å²) in [5, 5.41) is 2.45. The molecule has 2 rings (SSSR count). The van der Waals surface area contributed by atoms with Crippen LogP contribution in [-0.2, 0) is 14.3 Å². The van der Waals surface area contributed by atoms with Crippen LogP contribution in [0.25, 0.3) is 0 Å². The molecule has 1 aromatic rings. The molecule has 2 amide bonds. The number of hydrogen-bond acceptors (Lipinski definition) is 5. The van der Waals surface area contributed by atoms with Crippen LogP contribution in [0.5, 0.6) is 0 Å². The smallest absolute Gasteiger partial charge is 0.265 e. The molecule has 0 radical (unpaired) electrons. The van der Waals surface area contributed by atoms with Gasteiger partial charge in [-0.05, 0) is 24.7 Å². The van der Waals surface area contributed by atoms with Crippen LogP contribution in [0.3, 0.4) is 0 Å². The van der Waals surface area contributed by atoms with Crippen molar-refractivity contribution < 1.29 is 31.9 Å². The number of amides is 2. The summed E-state index contributed by atoms with van der Waals surface area (Å²) < 4.78 is 57.6. The summed E-state index contributed by atoms with van der Waals surface area (Å²) in [4.78, 5) is 26.9. The summed E-state index contributed by atoms with van der Waals surface area (Å²) in [5.74, 6) is -1.12. The molecule has 0 aliphatic carbocycles.